The molecule has 0 radical (unpaired) electrons. The van der Waals surface area contributed by atoms with Crippen LogP contribution >= 0.6 is 0 Å². The van der Waals surface area contributed by atoms with Crippen molar-refractivity contribution in [3.05, 3.63) is 0 Å². The summed E-state index contributed by atoms with van der Waals surface area (Å²) in [6.07, 6.45) is 3.83. The maximum Gasteiger partial charge on any atom is 2.00 e. The molecular formula is C8H16BaO2+2. The fourth-order valence-corrected chi connectivity index (χ4v) is 0.752. The molecule has 0 bridgehead atoms. The first-order valence-corrected chi connectivity index (χ1v) is 3.96. The quantitative estimate of drug-likeness (QED) is 0.436. The van der Waals surface area contributed by atoms with E-state index in [9.17, 15) is 4.79 Å². The average molecular weight is 282 g/mol. The van der Waals surface area contributed by atoms with E-state index in [-0.39, 0.29) is 54.9 Å². The van der Waals surface area contributed by atoms with Gasteiger partial charge >= 0.3 is 54.9 Å². The van der Waals surface area contributed by atoms with Crippen LogP contribution < -0.4 is 0 Å². The number of carbonyl (C=O) groups is 1. The van der Waals surface area contributed by atoms with E-state index in [1.165, 1.54) is 0 Å². The van der Waals surface area contributed by atoms with Crippen molar-refractivity contribution < 1.29 is 9.53 Å². The summed E-state index contributed by atoms with van der Waals surface area (Å²) < 4.78 is 4.75. The smallest absolute Gasteiger partial charge is 0.466 e. The van der Waals surface area contributed by atoms with Gasteiger partial charge in [-0.25, -0.2) is 0 Å². The molecular weight excluding hydrogens is 265 g/mol. The van der Waals surface area contributed by atoms with Gasteiger partial charge in [-0.15, -0.1) is 0 Å². The van der Waals surface area contributed by atoms with Gasteiger partial charge in [-0.2, -0.15) is 0 Å². The van der Waals surface area contributed by atoms with Gasteiger partial charge in [0.2, 0.25) is 0 Å². The second kappa shape index (κ2) is 11.0. The molecule has 0 rings (SSSR count). The van der Waals surface area contributed by atoms with Crippen molar-refractivity contribution in [1.29, 1.82) is 0 Å². The van der Waals surface area contributed by atoms with Crippen LogP contribution in [0.2, 0.25) is 0 Å². The van der Waals surface area contributed by atoms with Gasteiger partial charge in [0, 0.05) is 6.42 Å². The molecule has 0 aromatic rings. The number of unbranched alkanes of at least 4 members (excludes halogenated alkanes) is 2. The van der Waals surface area contributed by atoms with Gasteiger partial charge in [-0.3, -0.25) is 4.79 Å². The SMILES string of the molecule is CCCCCC(=O)OCC.[Ba+2]. The minimum Gasteiger partial charge on any atom is -0.466 e. The van der Waals surface area contributed by atoms with E-state index in [4.69, 9.17) is 4.74 Å². The van der Waals surface area contributed by atoms with E-state index in [2.05, 4.69) is 6.92 Å². The van der Waals surface area contributed by atoms with E-state index in [1.54, 1.807) is 0 Å². The first-order valence-electron chi connectivity index (χ1n) is 3.96. The first kappa shape index (κ1) is 14.6. The number of hydrogen-bond donors (Lipinski definition) is 0. The van der Waals surface area contributed by atoms with Crippen LogP contribution in [0.25, 0.3) is 0 Å². The molecule has 0 heterocycles. The van der Waals surface area contributed by atoms with E-state index in [0.29, 0.717) is 13.0 Å². The molecule has 0 atom stereocenters. The van der Waals surface area contributed by atoms with Crippen LogP contribution in [0.5, 0.6) is 0 Å². The van der Waals surface area contributed by atoms with Gasteiger partial charge in [0.25, 0.3) is 0 Å². The van der Waals surface area contributed by atoms with Crippen molar-refractivity contribution in [2.24, 2.45) is 0 Å². The van der Waals surface area contributed by atoms with Crippen molar-refractivity contribution in [2.45, 2.75) is 39.5 Å². The van der Waals surface area contributed by atoms with Crippen molar-refractivity contribution in [2.75, 3.05) is 6.61 Å². The van der Waals surface area contributed by atoms with E-state index in [1.807, 2.05) is 6.92 Å². The molecule has 0 aromatic carbocycles. The fraction of sp³-hybridized carbons (Fsp3) is 0.875. The Labute approximate surface area is 109 Å². The molecule has 0 aliphatic rings. The topological polar surface area (TPSA) is 26.3 Å². The molecule has 0 aliphatic carbocycles. The summed E-state index contributed by atoms with van der Waals surface area (Å²) in [5, 5.41) is 0. The molecule has 0 saturated carbocycles. The molecule has 3 heteroatoms. The van der Waals surface area contributed by atoms with Crippen LogP contribution in [0.4, 0.5) is 0 Å². The second-order valence-corrected chi connectivity index (χ2v) is 2.26. The van der Waals surface area contributed by atoms with Crippen molar-refractivity contribution in [3.8, 4) is 0 Å². The van der Waals surface area contributed by atoms with Gasteiger partial charge in [-0.1, -0.05) is 19.8 Å². The molecule has 0 aromatic heterocycles. The Balaban J connectivity index is 0. The molecule has 11 heavy (non-hydrogen) atoms. The molecule has 0 N–H and O–H groups in total. The first-order chi connectivity index (χ1) is 4.81. The Kier molecular flexibility index (Phi) is 14.6. The summed E-state index contributed by atoms with van der Waals surface area (Å²) in [4.78, 5) is 10.7. The predicted molar refractivity (Wildman–Crippen MR) is 46.5 cm³/mol. The van der Waals surface area contributed by atoms with Gasteiger partial charge < -0.3 is 4.74 Å². The Morgan fingerprint density at radius 3 is 2.36 bits per heavy atom. The van der Waals surface area contributed by atoms with Crippen LogP contribution in [0, 0.1) is 0 Å². The van der Waals surface area contributed by atoms with Crippen LogP contribution in [0.1, 0.15) is 39.5 Å². The molecule has 0 amide bonds. The summed E-state index contributed by atoms with van der Waals surface area (Å²) in [5.74, 6) is -0.0593. The molecule has 0 saturated heterocycles. The summed E-state index contributed by atoms with van der Waals surface area (Å²) in [5.41, 5.74) is 0. The zero-order chi connectivity index (χ0) is 7.82. The number of esters is 1. The monoisotopic (exact) mass is 282 g/mol. The van der Waals surface area contributed by atoms with Gasteiger partial charge in [0.05, 0.1) is 6.61 Å². The maximum atomic E-state index is 10.7. The molecule has 2 nitrogen and oxygen atoms in total. The minimum absolute atomic E-state index is 0. The van der Waals surface area contributed by atoms with Crippen LogP contribution in [-0.2, 0) is 9.53 Å². The largest absolute Gasteiger partial charge is 2.00 e. The van der Waals surface area contributed by atoms with E-state index in [0.717, 1.165) is 19.3 Å². The van der Waals surface area contributed by atoms with Crippen molar-refractivity contribution >= 4 is 54.9 Å². The van der Waals surface area contributed by atoms with Gasteiger partial charge in [-0.05, 0) is 13.3 Å². The fourth-order valence-electron chi connectivity index (χ4n) is 0.752. The predicted octanol–water partition coefficient (Wildman–Crippen LogP) is 1.75. The van der Waals surface area contributed by atoms with Crippen LogP contribution in [0.3, 0.4) is 0 Å². The molecule has 0 aliphatic heterocycles. The van der Waals surface area contributed by atoms with Crippen LogP contribution in [-0.4, -0.2) is 61.5 Å². The zero-order valence-corrected chi connectivity index (χ0v) is 12.0. The molecule has 0 fully saturated rings. The third-order valence-electron chi connectivity index (χ3n) is 1.29. The Morgan fingerprint density at radius 1 is 1.27 bits per heavy atom. The van der Waals surface area contributed by atoms with E-state index >= 15 is 0 Å². The number of carbonyl (C=O) groups excluding carboxylic acids is 1. The number of rotatable bonds is 5. The minimum atomic E-state index is -0.0593. The summed E-state index contributed by atoms with van der Waals surface area (Å²) in [6.45, 7) is 4.45. The number of ether oxygens (including phenoxy) is 1. The van der Waals surface area contributed by atoms with Crippen molar-refractivity contribution in [3.63, 3.8) is 0 Å². The third kappa shape index (κ3) is 11.0. The van der Waals surface area contributed by atoms with E-state index < -0.39 is 0 Å². The molecule has 0 unspecified atom stereocenters. The van der Waals surface area contributed by atoms with Crippen molar-refractivity contribution in [1.82, 2.24) is 0 Å². The normalized spacial score (nSPS) is 8.55. The summed E-state index contributed by atoms with van der Waals surface area (Å²) in [6, 6.07) is 0. The molecule has 60 valence electrons. The van der Waals surface area contributed by atoms with Crippen LogP contribution in [0.15, 0.2) is 0 Å². The molecule has 0 spiro atoms. The van der Waals surface area contributed by atoms with Gasteiger partial charge in [0.1, 0.15) is 0 Å². The second-order valence-electron chi connectivity index (χ2n) is 2.26. The Hall–Kier alpha value is 1.04. The third-order valence-corrected chi connectivity index (χ3v) is 1.29. The number of hydrogen-bond acceptors (Lipinski definition) is 2. The zero-order valence-electron chi connectivity index (χ0n) is 7.56. The maximum absolute atomic E-state index is 10.7. The standard InChI is InChI=1S/C8H16O2.Ba/c1-3-5-6-7-8(9)10-4-2;/h3-7H2,1-2H3;/q;+2. The Morgan fingerprint density at radius 2 is 1.91 bits per heavy atom. The summed E-state index contributed by atoms with van der Waals surface area (Å²) in [7, 11) is 0. The summed E-state index contributed by atoms with van der Waals surface area (Å²) >= 11 is 0. The Bertz CT molecular complexity index is 94.1. The average Bonchev–Trinajstić information content (AvgIpc) is 1.89. The van der Waals surface area contributed by atoms with Gasteiger partial charge in [0.15, 0.2) is 0 Å².